The van der Waals surface area contributed by atoms with Crippen LogP contribution in [0.4, 0.5) is 0 Å². The quantitative estimate of drug-likeness (QED) is 0.359. The van der Waals surface area contributed by atoms with Crippen LogP contribution in [-0.4, -0.2) is 5.78 Å². The first-order valence-corrected chi connectivity index (χ1v) is 10.9. The fourth-order valence-electron chi connectivity index (χ4n) is 5.03. The van der Waals surface area contributed by atoms with E-state index in [1.165, 1.54) is 16.5 Å². The Morgan fingerprint density at radius 2 is 1.45 bits per heavy atom. The summed E-state index contributed by atoms with van der Waals surface area (Å²) in [6.45, 7) is 0. The van der Waals surface area contributed by atoms with E-state index < -0.39 is 0 Å². The zero-order chi connectivity index (χ0) is 20.8. The minimum Gasteiger partial charge on any atom is -0.461 e. The number of fused-ring (bicyclic) bond motifs is 3. The smallest absolute Gasteiger partial charge is 0.163 e. The maximum atomic E-state index is 13.1. The van der Waals surface area contributed by atoms with E-state index >= 15 is 0 Å². The van der Waals surface area contributed by atoms with Gasteiger partial charge >= 0.3 is 0 Å². The molecule has 0 N–H and O–H groups in total. The Morgan fingerprint density at radius 3 is 2.29 bits per heavy atom. The van der Waals surface area contributed by atoms with Crippen molar-refractivity contribution < 1.29 is 9.53 Å². The highest BCUT2D eigenvalue weighted by atomic mass is 16.5. The van der Waals surface area contributed by atoms with Gasteiger partial charge in [0.1, 0.15) is 11.5 Å². The van der Waals surface area contributed by atoms with Crippen molar-refractivity contribution in [3.05, 3.63) is 113 Å². The van der Waals surface area contributed by atoms with Gasteiger partial charge in [0.25, 0.3) is 0 Å². The van der Waals surface area contributed by atoms with E-state index in [1.54, 1.807) is 0 Å². The predicted molar refractivity (Wildman–Crippen MR) is 124 cm³/mol. The van der Waals surface area contributed by atoms with Gasteiger partial charge in [0.2, 0.25) is 0 Å². The molecule has 0 amide bonds. The molecule has 4 aromatic carbocycles. The van der Waals surface area contributed by atoms with Crippen LogP contribution in [0.5, 0.6) is 5.75 Å². The van der Waals surface area contributed by atoms with E-state index in [9.17, 15) is 4.79 Å². The molecule has 6 rings (SSSR count). The summed E-state index contributed by atoms with van der Waals surface area (Å²) >= 11 is 0. The lowest BCUT2D eigenvalue weighted by molar-refractivity contribution is -0.116. The second-order valence-electron chi connectivity index (χ2n) is 8.34. The lowest BCUT2D eigenvalue weighted by atomic mass is 9.75. The molecule has 150 valence electrons. The van der Waals surface area contributed by atoms with Crippen LogP contribution >= 0.6 is 0 Å². The molecule has 0 saturated carbocycles. The number of hydrogen-bond acceptors (Lipinski definition) is 2. The molecule has 2 aliphatic rings. The van der Waals surface area contributed by atoms with Gasteiger partial charge in [-0.05, 0) is 39.9 Å². The molecule has 1 aliphatic carbocycles. The monoisotopic (exact) mass is 402 g/mol. The number of carbonyl (C=O) groups excluding carboxylic acids is 1. The third-order valence-electron chi connectivity index (χ3n) is 6.50. The van der Waals surface area contributed by atoms with Crippen LogP contribution in [0.2, 0.25) is 0 Å². The Hall–Kier alpha value is -3.65. The first kappa shape index (κ1) is 18.1. The van der Waals surface area contributed by atoms with Crippen molar-refractivity contribution >= 4 is 16.6 Å². The Balaban J connectivity index is 1.56. The first-order chi connectivity index (χ1) is 15.3. The molecule has 0 saturated heterocycles. The number of benzene rings is 4. The second kappa shape index (κ2) is 7.24. The lowest BCUT2D eigenvalue weighted by Crippen LogP contribution is -2.25. The van der Waals surface area contributed by atoms with Crippen LogP contribution in [0.3, 0.4) is 0 Å². The standard InChI is InChI=1S/C29H22O2/c30-24-11-6-12-25-29(24)27(22-15-13-20(14-16-22)19-7-2-1-3-8-19)28-23-10-5-4-9-21(23)17-18-26(28)31-25/h1-5,7-10,13-18,27H,6,11-12H2. The summed E-state index contributed by atoms with van der Waals surface area (Å²) in [6.07, 6.45) is 2.28. The van der Waals surface area contributed by atoms with Gasteiger partial charge in [0.05, 0.1) is 0 Å². The molecule has 4 aromatic rings. The summed E-state index contributed by atoms with van der Waals surface area (Å²) in [6, 6.07) is 31.6. The zero-order valence-electron chi connectivity index (χ0n) is 17.2. The summed E-state index contributed by atoms with van der Waals surface area (Å²) in [4.78, 5) is 13.1. The minimum absolute atomic E-state index is 0.0949. The van der Waals surface area contributed by atoms with Gasteiger partial charge in [-0.1, -0.05) is 84.9 Å². The summed E-state index contributed by atoms with van der Waals surface area (Å²) in [5.74, 6) is 1.86. The van der Waals surface area contributed by atoms with Crippen molar-refractivity contribution in [2.45, 2.75) is 25.2 Å². The number of ketones is 1. The molecule has 1 aliphatic heterocycles. The fourth-order valence-corrected chi connectivity index (χ4v) is 5.03. The van der Waals surface area contributed by atoms with E-state index in [4.69, 9.17) is 4.74 Å². The SMILES string of the molecule is O=C1CCCC2=C1C(c1ccc(-c3ccccc3)cc1)c1c(ccc3ccccc13)O2. The zero-order valence-corrected chi connectivity index (χ0v) is 17.2. The van der Waals surface area contributed by atoms with Gasteiger partial charge in [-0.25, -0.2) is 0 Å². The highest BCUT2D eigenvalue weighted by Crippen LogP contribution is 2.49. The molecule has 0 spiro atoms. The highest BCUT2D eigenvalue weighted by Gasteiger charge is 2.37. The van der Waals surface area contributed by atoms with Crippen LogP contribution in [0.15, 0.2) is 102 Å². The molecule has 0 radical (unpaired) electrons. The van der Waals surface area contributed by atoms with Crippen molar-refractivity contribution in [2.24, 2.45) is 0 Å². The van der Waals surface area contributed by atoms with Crippen LogP contribution < -0.4 is 4.74 Å². The summed E-state index contributed by atoms with van der Waals surface area (Å²) in [7, 11) is 0. The molecule has 2 heteroatoms. The molecule has 0 aromatic heterocycles. The van der Waals surface area contributed by atoms with Gasteiger partial charge in [-0.3, -0.25) is 4.79 Å². The van der Waals surface area contributed by atoms with E-state index in [1.807, 2.05) is 6.07 Å². The van der Waals surface area contributed by atoms with Crippen molar-refractivity contribution in [1.29, 1.82) is 0 Å². The van der Waals surface area contributed by atoms with Crippen LogP contribution in [0.1, 0.15) is 36.3 Å². The molecule has 0 fully saturated rings. The Labute approximate surface area is 181 Å². The predicted octanol–water partition coefficient (Wildman–Crippen LogP) is 7.04. The molecule has 2 nitrogen and oxygen atoms in total. The largest absolute Gasteiger partial charge is 0.461 e. The van der Waals surface area contributed by atoms with Crippen LogP contribution in [0, 0.1) is 0 Å². The molecule has 31 heavy (non-hydrogen) atoms. The highest BCUT2D eigenvalue weighted by molar-refractivity contribution is 6.01. The van der Waals surface area contributed by atoms with Gasteiger partial charge in [-0.2, -0.15) is 0 Å². The number of carbonyl (C=O) groups is 1. The average Bonchev–Trinajstić information content (AvgIpc) is 2.83. The Bertz CT molecular complexity index is 1330. The number of allylic oxidation sites excluding steroid dienone is 2. The molecule has 1 unspecified atom stereocenters. The van der Waals surface area contributed by atoms with Gasteiger partial charge in [0.15, 0.2) is 5.78 Å². The molecule has 0 bridgehead atoms. The topological polar surface area (TPSA) is 26.3 Å². The third-order valence-corrected chi connectivity index (χ3v) is 6.50. The fraction of sp³-hybridized carbons (Fsp3) is 0.138. The van der Waals surface area contributed by atoms with Crippen LogP contribution in [0.25, 0.3) is 21.9 Å². The maximum Gasteiger partial charge on any atom is 0.163 e. The molecule has 1 heterocycles. The maximum absolute atomic E-state index is 13.1. The van der Waals surface area contributed by atoms with Crippen LogP contribution in [-0.2, 0) is 4.79 Å². The Morgan fingerprint density at radius 1 is 0.710 bits per heavy atom. The molecule has 1 atom stereocenters. The lowest BCUT2D eigenvalue weighted by Gasteiger charge is -2.33. The van der Waals surface area contributed by atoms with E-state index in [0.29, 0.717) is 6.42 Å². The molecular formula is C29H22O2. The number of Topliss-reactive ketones (excluding diaryl/α,β-unsaturated/α-hetero) is 1. The molecular weight excluding hydrogens is 380 g/mol. The Kier molecular flexibility index (Phi) is 4.24. The number of rotatable bonds is 2. The summed E-state index contributed by atoms with van der Waals surface area (Å²) < 4.78 is 6.32. The van der Waals surface area contributed by atoms with Gasteiger partial charge in [-0.15, -0.1) is 0 Å². The second-order valence-corrected chi connectivity index (χ2v) is 8.34. The van der Waals surface area contributed by atoms with E-state index in [0.717, 1.165) is 46.4 Å². The third kappa shape index (κ3) is 2.98. The van der Waals surface area contributed by atoms with Crippen molar-refractivity contribution in [3.63, 3.8) is 0 Å². The van der Waals surface area contributed by atoms with E-state index in [2.05, 4.69) is 84.9 Å². The van der Waals surface area contributed by atoms with Gasteiger partial charge < -0.3 is 4.74 Å². The van der Waals surface area contributed by atoms with Crippen molar-refractivity contribution in [1.82, 2.24) is 0 Å². The number of hydrogen-bond donors (Lipinski definition) is 0. The number of ether oxygens (including phenoxy) is 1. The van der Waals surface area contributed by atoms with Gasteiger partial charge in [0, 0.05) is 29.9 Å². The van der Waals surface area contributed by atoms with Crippen molar-refractivity contribution in [3.8, 4) is 16.9 Å². The summed E-state index contributed by atoms with van der Waals surface area (Å²) in [5.41, 5.74) is 5.48. The first-order valence-electron chi connectivity index (χ1n) is 10.9. The van der Waals surface area contributed by atoms with E-state index in [-0.39, 0.29) is 11.7 Å². The average molecular weight is 402 g/mol. The normalized spacial score (nSPS) is 17.8. The summed E-state index contributed by atoms with van der Waals surface area (Å²) in [5, 5.41) is 2.32. The minimum atomic E-state index is -0.0949. The van der Waals surface area contributed by atoms with Crippen molar-refractivity contribution in [2.75, 3.05) is 0 Å².